The lowest BCUT2D eigenvalue weighted by Gasteiger charge is -2.21. The fourth-order valence-electron chi connectivity index (χ4n) is 1.51. The van der Waals surface area contributed by atoms with Crippen LogP contribution in [-0.2, 0) is 16.0 Å². The van der Waals surface area contributed by atoms with E-state index >= 15 is 0 Å². The molecule has 1 atom stereocenters. The maximum absolute atomic E-state index is 13.0. The third-order valence-corrected chi connectivity index (χ3v) is 2.21. The van der Waals surface area contributed by atoms with E-state index in [1.807, 2.05) is 0 Å². The van der Waals surface area contributed by atoms with Crippen LogP contribution in [0.15, 0.2) is 24.3 Å². The fourth-order valence-corrected chi connectivity index (χ4v) is 1.51. The zero-order chi connectivity index (χ0) is 14.5. The smallest absolute Gasteiger partial charge is 0.408 e. The summed E-state index contributed by atoms with van der Waals surface area (Å²) in [5.74, 6) is -0.376. The zero-order valence-electron chi connectivity index (χ0n) is 11.3. The second-order valence-corrected chi connectivity index (χ2v) is 5.22. The van der Waals surface area contributed by atoms with Gasteiger partial charge in [-0.25, -0.2) is 9.18 Å². The molecule has 0 aliphatic carbocycles. The summed E-state index contributed by atoms with van der Waals surface area (Å²) in [6.45, 7) is 5.19. The quantitative estimate of drug-likeness (QED) is 0.852. The predicted octanol–water partition coefficient (Wildman–Crippen LogP) is 2.46. The minimum absolute atomic E-state index is 0.223. The van der Waals surface area contributed by atoms with Crippen molar-refractivity contribution in [3.8, 4) is 0 Å². The van der Waals surface area contributed by atoms with Crippen molar-refractivity contribution in [2.24, 2.45) is 0 Å². The monoisotopic (exact) mass is 267 g/mol. The van der Waals surface area contributed by atoms with Gasteiger partial charge in [-0.2, -0.15) is 0 Å². The largest absolute Gasteiger partial charge is 0.444 e. The molecule has 1 aromatic rings. The van der Waals surface area contributed by atoms with Crippen LogP contribution >= 0.6 is 0 Å². The average molecular weight is 267 g/mol. The van der Waals surface area contributed by atoms with Gasteiger partial charge in [0, 0.05) is 0 Å². The van der Waals surface area contributed by atoms with Crippen LogP contribution in [-0.4, -0.2) is 24.0 Å². The van der Waals surface area contributed by atoms with E-state index < -0.39 is 17.7 Å². The topological polar surface area (TPSA) is 55.4 Å². The van der Waals surface area contributed by atoms with Gasteiger partial charge < -0.3 is 14.8 Å². The standard InChI is InChI=1S/C14H18FNO3/c1-14(2,3)19-13(18)16-12(9-17)8-10-5-4-6-11(15)7-10/h4-7,9,12H,8H2,1-3H3,(H,16,18). The van der Waals surface area contributed by atoms with E-state index in [-0.39, 0.29) is 12.2 Å². The molecule has 1 aromatic carbocycles. The molecule has 0 bridgehead atoms. The summed E-state index contributed by atoms with van der Waals surface area (Å²) in [5.41, 5.74) is 0.00396. The van der Waals surface area contributed by atoms with Crippen molar-refractivity contribution in [2.45, 2.75) is 38.8 Å². The van der Waals surface area contributed by atoms with Crippen molar-refractivity contribution in [3.05, 3.63) is 35.6 Å². The number of carbonyl (C=O) groups is 2. The molecule has 0 saturated heterocycles. The SMILES string of the molecule is CC(C)(C)OC(=O)NC(C=O)Cc1cccc(F)c1. The molecule has 5 heteroatoms. The number of halogens is 1. The maximum Gasteiger partial charge on any atom is 0.408 e. The third kappa shape index (κ3) is 5.99. The molecule has 0 aliphatic heterocycles. The molecule has 104 valence electrons. The summed E-state index contributed by atoms with van der Waals surface area (Å²) >= 11 is 0. The molecule has 0 aromatic heterocycles. The Morgan fingerprint density at radius 3 is 2.68 bits per heavy atom. The first kappa shape index (κ1) is 15.1. The van der Waals surface area contributed by atoms with Crippen LogP contribution in [0.4, 0.5) is 9.18 Å². The lowest BCUT2D eigenvalue weighted by molar-refractivity contribution is -0.109. The highest BCUT2D eigenvalue weighted by Gasteiger charge is 2.19. The summed E-state index contributed by atoms with van der Waals surface area (Å²) in [7, 11) is 0. The van der Waals surface area contributed by atoms with Gasteiger partial charge in [-0.3, -0.25) is 0 Å². The summed E-state index contributed by atoms with van der Waals surface area (Å²) in [4.78, 5) is 22.5. The molecule has 1 rings (SSSR count). The number of rotatable bonds is 4. The highest BCUT2D eigenvalue weighted by Crippen LogP contribution is 2.08. The third-order valence-electron chi connectivity index (χ3n) is 2.21. The van der Waals surface area contributed by atoms with Crippen molar-refractivity contribution in [2.75, 3.05) is 0 Å². The molecule has 1 N–H and O–H groups in total. The molecular weight excluding hydrogens is 249 g/mol. The number of carbonyl (C=O) groups excluding carboxylic acids is 2. The molecule has 4 nitrogen and oxygen atoms in total. The van der Waals surface area contributed by atoms with Gasteiger partial charge in [-0.15, -0.1) is 0 Å². The van der Waals surface area contributed by atoms with E-state index in [9.17, 15) is 14.0 Å². The van der Waals surface area contributed by atoms with Crippen molar-refractivity contribution < 1.29 is 18.7 Å². The second-order valence-electron chi connectivity index (χ2n) is 5.22. The van der Waals surface area contributed by atoms with Crippen LogP contribution < -0.4 is 5.32 Å². The van der Waals surface area contributed by atoms with Crippen LogP contribution in [0.2, 0.25) is 0 Å². The van der Waals surface area contributed by atoms with Gasteiger partial charge in [0.2, 0.25) is 0 Å². The predicted molar refractivity (Wildman–Crippen MR) is 69.3 cm³/mol. The number of hydrogen-bond acceptors (Lipinski definition) is 3. The van der Waals surface area contributed by atoms with E-state index in [2.05, 4.69) is 5.32 Å². The molecule has 1 unspecified atom stereocenters. The first-order valence-corrected chi connectivity index (χ1v) is 5.99. The summed E-state index contributed by atoms with van der Waals surface area (Å²) in [5, 5.41) is 2.44. The molecule has 0 fully saturated rings. The van der Waals surface area contributed by atoms with E-state index in [1.165, 1.54) is 12.1 Å². The Hall–Kier alpha value is -1.91. The van der Waals surface area contributed by atoms with Crippen LogP contribution in [0.25, 0.3) is 0 Å². The number of alkyl carbamates (subject to hydrolysis) is 1. The average Bonchev–Trinajstić information content (AvgIpc) is 2.25. The van der Waals surface area contributed by atoms with Crippen LogP contribution in [0.3, 0.4) is 0 Å². The molecule has 19 heavy (non-hydrogen) atoms. The lowest BCUT2D eigenvalue weighted by atomic mass is 10.1. The van der Waals surface area contributed by atoms with E-state index in [1.54, 1.807) is 32.9 Å². The Balaban J connectivity index is 2.59. The van der Waals surface area contributed by atoms with Gasteiger partial charge in [0.15, 0.2) is 0 Å². The summed E-state index contributed by atoms with van der Waals surface area (Å²) in [6.07, 6.45) is 0.163. The first-order chi connectivity index (χ1) is 8.80. The normalized spacial score (nSPS) is 12.6. The Kier molecular flexibility index (Phi) is 5.03. The zero-order valence-corrected chi connectivity index (χ0v) is 11.3. The highest BCUT2D eigenvalue weighted by molar-refractivity contribution is 5.73. The van der Waals surface area contributed by atoms with E-state index in [4.69, 9.17) is 4.74 Å². The van der Waals surface area contributed by atoms with Gasteiger partial charge in [0.1, 0.15) is 17.7 Å². The minimum Gasteiger partial charge on any atom is -0.444 e. The highest BCUT2D eigenvalue weighted by atomic mass is 19.1. The lowest BCUT2D eigenvalue weighted by Crippen LogP contribution is -2.41. The Bertz CT molecular complexity index is 454. The van der Waals surface area contributed by atoms with Crippen LogP contribution in [0.1, 0.15) is 26.3 Å². The Morgan fingerprint density at radius 1 is 1.47 bits per heavy atom. The second kappa shape index (κ2) is 6.31. The molecule has 1 amide bonds. The first-order valence-electron chi connectivity index (χ1n) is 5.99. The van der Waals surface area contributed by atoms with E-state index in [0.717, 1.165) is 0 Å². The van der Waals surface area contributed by atoms with Gasteiger partial charge in [0.25, 0.3) is 0 Å². The van der Waals surface area contributed by atoms with Crippen molar-refractivity contribution in [1.82, 2.24) is 5.32 Å². The number of ether oxygens (including phenoxy) is 1. The fraction of sp³-hybridized carbons (Fsp3) is 0.429. The van der Waals surface area contributed by atoms with Crippen LogP contribution in [0, 0.1) is 5.82 Å². The molecule has 0 spiro atoms. The molecule has 0 radical (unpaired) electrons. The van der Waals surface area contributed by atoms with Gasteiger partial charge in [0.05, 0.1) is 6.04 Å². The van der Waals surface area contributed by atoms with Crippen LogP contribution in [0.5, 0.6) is 0 Å². The maximum atomic E-state index is 13.0. The molecular formula is C14H18FNO3. The summed E-state index contributed by atoms with van der Waals surface area (Å²) < 4.78 is 18.1. The molecule has 0 saturated carbocycles. The number of nitrogens with one attached hydrogen (secondary N) is 1. The number of hydrogen-bond donors (Lipinski definition) is 1. The Morgan fingerprint density at radius 2 is 2.16 bits per heavy atom. The molecule has 0 aliphatic rings. The number of amides is 1. The van der Waals surface area contributed by atoms with Crippen molar-refractivity contribution in [1.29, 1.82) is 0 Å². The number of aldehydes is 1. The summed E-state index contributed by atoms with van der Waals surface area (Å²) in [6, 6.07) is 5.15. The van der Waals surface area contributed by atoms with Gasteiger partial charge in [-0.1, -0.05) is 12.1 Å². The number of benzene rings is 1. The minimum atomic E-state index is -0.739. The van der Waals surface area contributed by atoms with Crippen molar-refractivity contribution in [3.63, 3.8) is 0 Å². The van der Waals surface area contributed by atoms with E-state index in [0.29, 0.717) is 11.8 Å². The van der Waals surface area contributed by atoms with Gasteiger partial charge in [-0.05, 0) is 44.9 Å². The van der Waals surface area contributed by atoms with Gasteiger partial charge >= 0.3 is 6.09 Å². The van der Waals surface area contributed by atoms with Crippen molar-refractivity contribution >= 4 is 12.4 Å². The molecule has 0 heterocycles. The Labute approximate surface area is 112 Å².